The van der Waals surface area contributed by atoms with Crippen molar-refractivity contribution in [2.24, 2.45) is 0 Å². The van der Waals surface area contributed by atoms with E-state index in [0.717, 1.165) is 12.2 Å². The molecule has 0 aliphatic heterocycles. The van der Waals surface area contributed by atoms with Gasteiger partial charge in [-0.1, -0.05) is 6.92 Å². The lowest BCUT2D eigenvalue weighted by molar-refractivity contribution is -0.133. The summed E-state index contributed by atoms with van der Waals surface area (Å²) in [6.45, 7) is 2.22. The number of hydrogen-bond donors (Lipinski definition) is 1. The van der Waals surface area contributed by atoms with E-state index in [1.54, 1.807) is 6.07 Å². The van der Waals surface area contributed by atoms with Gasteiger partial charge in [0, 0.05) is 13.0 Å². The number of hydrogen-bond acceptors (Lipinski definition) is 2. The topological polar surface area (TPSA) is 25.2 Å². The first-order chi connectivity index (χ1) is 7.01. The highest BCUT2D eigenvalue weighted by Gasteiger charge is 2.25. The Morgan fingerprint density at radius 3 is 2.47 bits per heavy atom. The minimum atomic E-state index is -4.09. The van der Waals surface area contributed by atoms with Gasteiger partial charge in [0.05, 0.1) is 13.0 Å². The molecule has 0 saturated carbocycles. The van der Waals surface area contributed by atoms with Crippen LogP contribution in [-0.2, 0) is 13.0 Å². The molecule has 1 rings (SSSR count). The molecule has 0 unspecified atom stereocenters. The maximum absolute atomic E-state index is 11.8. The number of nitrogens with one attached hydrogen (secondary N) is 1. The maximum atomic E-state index is 11.8. The number of furan rings is 1. The molecule has 1 aromatic heterocycles. The van der Waals surface area contributed by atoms with Crippen LogP contribution < -0.4 is 5.32 Å². The van der Waals surface area contributed by atoms with E-state index >= 15 is 0 Å². The number of halogens is 3. The fourth-order valence-corrected chi connectivity index (χ4v) is 1.15. The first-order valence-corrected chi connectivity index (χ1v) is 4.86. The summed E-state index contributed by atoms with van der Waals surface area (Å²) in [7, 11) is 0. The van der Waals surface area contributed by atoms with Crippen molar-refractivity contribution in [3.63, 3.8) is 0 Å². The molecule has 0 bridgehead atoms. The van der Waals surface area contributed by atoms with Crippen molar-refractivity contribution in [3.8, 4) is 0 Å². The average Bonchev–Trinajstić information content (AvgIpc) is 2.59. The molecule has 1 aromatic rings. The van der Waals surface area contributed by atoms with Gasteiger partial charge >= 0.3 is 6.18 Å². The maximum Gasteiger partial charge on any atom is 0.390 e. The van der Waals surface area contributed by atoms with E-state index in [1.165, 1.54) is 0 Å². The molecule has 0 atom stereocenters. The molecule has 0 aliphatic carbocycles. The third-order valence-corrected chi connectivity index (χ3v) is 1.95. The lowest BCUT2D eigenvalue weighted by atomic mass is 10.3. The van der Waals surface area contributed by atoms with Crippen molar-refractivity contribution in [2.75, 3.05) is 6.54 Å². The van der Waals surface area contributed by atoms with Gasteiger partial charge in [-0.05, 0) is 12.1 Å². The average molecular weight is 221 g/mol. The SMILES string of the molecule is CCc1ccc(CNCCC(F)(F)F)o1. The Morgan fingerprint density at radius 1 is 1.27 bits per heavy atom. The molecule has 0 saturated heterocycles. The quantitative estimate of drug-likeness (QED) is 0.773. The normalized spacial score (nSPS) is 12.0. The molecular weight excluding hydrogens is 207 g/mol. The summed E-state index contributed by atoms with van der Waals surface area (Å²) in [5.74, 6) is 1.52. The second kappa shape index (κ2) is 5.21. The predicted molar refractivity (Wildman–Crippen MR) is 50.5 cm³/mol. The van der Waals surface area contributed by atoms with E-state index in [0.29, 0.717) is 12.3 Å². The highest BCUT2D eigenvalue weighted by atomic mass is 19.4. The van der Waals surface area contributed by atoms with Crippen LogP contribution in [0.5, 0.6) is 0 Å². The van der Waals surface area contributed by atoms with Crippen LogP contribution in [0.2, 0.25) is 0 Å². The van der Waals surface area contributed by atoms with Crippen LogP contribution in [0.4, 0.5) is 13.2 Å². The van der Waals surface area contributed by atoms with Crippen molar-refractivity contribution in [1.29, 1.82) is 0 Å². The molecular formula is C10H14F3NO. The summed E-state index contributed by atoms with van der Waals surface area (Å²) in [6.07, 6.45) is -4.11. The van der Waals surface area contributed by atoms with Crippen molar-refractivity contribution in [3.05, 3.63) is 23.7 Å². The molecule has 0 fully saturated rings. The zero-order valence-corrected chi connectivity index (χ0v) is 8.53. The second-order valence-electron chi connectivity index (χ2n) is 3.26. The molecule has 0 radical (unpaired) electrons. The first kappa shape index (κ1) is 12.1. The summed E-state index contributed by atoms with van der Waals surface area (Å²) < 4.78 is 40.7. The lowest BCUT2D eigenvalue weighted by Crippen LogP contribution is -2.21. The zero-order valence-electron chi connectivity index (χ0n) is 8.53. The van der Waals surface area contributed by atoms with Gasteiger partial charge in [-0.25, -0.2) is 0 Å². The van der Waals surface area contributed by atoms with Gasteiger partial charge < -0.3 is 9.73 Å². The van der Waals surface area contributed by atoms with E-state index in [4.69, 9.17) is 4.42 Å². The van der Waals surface area contributed by atoms with Crippen LogP contribution in [0.3, 0.4) is 0 Å². The summed E-state index contributed by atoms with van der Waals surface area (Å²) >= 11 is 0. The van der Waals surface area contributed by atoms with Crippen LogP contribution in [0.25, 0.3) is 0 Å². The molecule has 15 heavy (non-hydrogen) atoms. The highest BCUT2D eigenvalue weighted by molar-refractivity contribution is 5.06. The first-order valence-electron chi connectivity index (χ1n) is 4.86. The number of aryl methyl sites for hydroxylation is 1. The van der Waals surface area contributed by atoms with Gasteiger partial charge in [0.25, 0.3) is 0 Å². The van der Waals surface area contributed by atoms with Crippen LogP contribution in [0, 0.1) is 0 Å². The van der Waals surface area contributed by atoms with Gasteiger partial charge in [-0.3, -0.25) is 0 Å². The summed E-state index contributed by atoms with van der Waals surface area (Å²) in [6, 6.07) is 3.61. The van der Waals surface area contributed by atoms with Crippen molar-refractivity contribution in [1.82, 2.24) is 5.32 Å². The Bertz CT molecular complexity index is 293. The molecule has 0 aromatic carbocycles. The third kappa shape index (κ3) is 4.88. The third-order valence-electron chi connectivity index (χ3n) is 1.95. The number of rotatable bonds is 5. The van der Waals surface area contributed by atoms with Gasteiger partial charge in [-0.2, -0.15) is 13.2 Å². The summed E-state index contributed by atoms with van der Waals surface area (Å²) in [4.78, 5) is 0. The van der Waals surface area contributed by atoms with Crippen molar-refractivity contribution < 1.29 is 17.6 Å². The summed E-state index contributed by atoms with van der Waals surface area (Å²) in [5.41, 5.74) is 0. The Labute approximate surface area is 86.5 Å². The molecule has 0 spiro atoms. The molecule has 1 heterocycles. The van der Waals surface area contributed by atoms with Gasteiger partial charge in [0.2, 0.25) is 0 Å². The molecule has 2 nitrogen and oxygen atoms in total. The Balaban J connectivity index is 2.20. The molecule has 1 N–H and O–H groups in total. The lowest BCUT2D eigenvalue weighted by Gasteiger charge is -2.06. The Morgan fingerprint density at radius 2 is 1.93 bits per heavy atom. The van der Waals surface area contributed by atoms with E-state index in [-0.39, 0.29) is 6.54 Å². The van der Waals surface area contributed by atoms with Crippen LogP contribution >= 0.6 is 0 Å². The Kier molecular flexibility index (Phi) is 4.20. The van der Waals surface area contributed by atoms with Crippen LogP contribution in [-0.4, -0.2) is 12.7 Å². The van der Waals surface area contributed by atoms with Crippen LogP contribution in [0.15, 0.2) is 16.5 Å². The highest BCUT2D eigenvalue weighted by Crippen LogP contribution is 2.18. The Hall–Kier alpha value is -0.970. The van der Waals surface area contributed by atoms with Gasteiger partial charge in [0.15, 0.2) is 0 Å². The van der Waals surface area contributed by atoms with Gasteiger partial charge in [0.1, 0.15) is 11.5 Å². The summed E-state index contributed by atoms with van der Waals surface area (Å²) in [5, 5.41) is 2.68. The molecule has 86 valence electrons. The van der Waals surface area contributed by atoms with Crippen LogP contribution in [0.1, 0.15) is 24.9 Å². The minimum Gasteiger partial charge on any atom is -0.465 e. The van der Waals surface area contributed by atoms with E-state index < -0.39 is 12.6 Å². The van der Waals surface area contributed by atoms with E-state index in [2.05, 4.69) is 5.32 Å². The predicted octanol–water partition coefficient (Wildman–Crippen LogP) is 2.88. The number of alkyl halides is 3. The smallest absolute Gasteiger partial charge is 0.390 e. The zero-order chi connectivity index (χ0) is 11.3. The van der Waals surface area contributed by atoms with E-state index in [1.807, 2.05) is 13.0 Å². The van der Waals surface area contributed by atoms with Gasteiger partial charge in [-0.15, -0.1) is 0 Å². The van der Waals surface area contributed by atoms with Crippen molar-refractivity contribution in [2.45, 2.75) is 32.5 Å². The standard InChI is InChI=1S/C10H14F3NO/c1-2-8-3-4-9(15-8)7-14-6-5-10(11,12)13/h3-4,14H,2,5-7H2,1H3. The molecule has 0 amide bonds. The minimum absolute atomic E-state index is 0.0777. The van der Waals surface area contributed by atoms with Crippen molar-refractivity contribution >= 4 is 0 Å². The molecule has 5 heteroatoms. The monoisotopic (exact) mass is 221 g/mol. The molecule has 0 aliphatic rings. The second-order valence-corrected chi connectivity index (χ2v) is 3.26. The van der Waals surface area contributed by atoms with E-state index in [9.17, 15) is 13.2 Å². The fourth-order valence-electron chi connectivity index (χ4n) is 1.15. The largest absolute Gasteiger partial charge is 0.465 e. The fraction of sp³-hybridized carbons (Fsp3) is 0.600.